The van der Waals surface area contributed by atoms with E-state index in [1.165, 1.54) is 12.8 Å². The molecule has 0 unspecified atom stereocenters. The van der Waals surface area contributed by atoms with Gasteiger partial charge in [-0.2, -0.15) is 0 Å². The van der Waals surface area contributed by atoms with E-state index >= 15 is 0 Å². The fraction of sp³-hybridized carbons (Fsp3) is 0.522. The molecule has 2 heterocycles. The molecule has 1 saturated carbocycles. The van der Waals surface area contributed by atoms with E-state index in [4.69, 9.17) is 15.5 Å². The van der Waals surface area contributed by atoms with Gasteiger partial charge >= 0.3 is 0 Å². The van der Waals surface area contributed by atoms with Crippen molar-refractivity contribution in [2.45, 2.75) is 58.6 Å². The molecular weight excluding hydrogens is 378 g/mol. The molecule has 1 aliphatic rings. The van der Waals surface area contributed by atoms with Crippen LogP contribution in [0.5, 0.6) is 0 Å². The molecule has 2 aromatic heterocycles. The number of fused-ring (bicyclic) bond motifs is 3. The minimum Gasteiger partial charge on any atom is -0.382 e. The second kappa shape index (κ2) is 9.43. The standard InChI is InChI=1S/C23H31N5O2/c1-2-30-15-19-27-20-21(17-11-5-6-12-18(17)26-22(20)24)28(19)14-8-7-13-25-23(29)16-9-3-4-10-16/h5-6,11-12,16H,2-4,7-10,13-15H2,1H3,(H2,24,26)(H,25,29). The van der Waals surface area contributed by atoms with Crippen LogP contribution < -0.4 is 11.1 Å². The van der Waals surface area contributed by atoms with Crippen LogP contribution in [-0.4, -0.2) is 33.6 Å². The number of hydrogen-bond acceptors (Lipinski definition) is 5. The number of nitrogens with one attached hydrogen (secondary N) is 1. The van der Waals surface area contributed by atoms with Gasteiger partial charge in [0.15, 0.2) is 5.82 Å². The van der Waals surface area contributed by atoms with Crippen molar-refractivity contribution in [1.82, 2.24) is 19.9 Å². The fourth-order valence-corrected chi connectivity index (χ4v) is 4.39. The Bertz CT molecular complexity index is 1020. The molecule has 30 heavy (non-hydrogen) atoms. The van der Waals surface area contributed by atoms with E-state index in [9.17, 15) is 4.79 Å². The van der Waals surface area contributed by atoms with Crippen LogP contribution in [0.15, 0.2) is 24.3 Å². The quantitative estimate of drug-likeness (QED) is 0.524. The van der Waals surface area contributed by atoms with Gasteiger partial charge in [-0.05, 0) is 38.7 Å². The zero-order chi connectivity index (χ0) is 20.9. The largest absolute Gasteiger partial charge is 0.382 e. The van der Waals surface area contributed by atoms with Crippen molar-refractivity contribution in [2.24, 2.45) is 5.92 Å². The van der Waals surface area contributed by atoms with Crippen LogP contribution in [0.2, 0.25) is 0 Å². The number of nitrogens with two attached hydrogens (primary N) is 1. The number of carbonyl (C=O) groups excluding carboxylic acids is 1. The number of amides is 1. The van der Waals surface area contributed by atoms with Gasteiger partial charge in [0.2, 0.25) is 5.91 Å². The third kappa shape index (κ3) is 4.26. The maximum absolute atomic E-state index is 12.2. The van der Waals surface area contributed by atoms with Crippen molar-refractivity contribution in [3.05, 3.63) is 30.1 Å². The average Bonchev–Trinajstić information content (AvgIpc) is 3.41. The predicted molar refractivity (Wildman–Crippen MR) is 119 cm³/mol. The summed E-state index contributed by atoms with van der Waals surface area (Å²) >= 11 is 0. The molecule has 0 aliphatic heterocycles. The molecule has 0 atom stereocenters. The van der Waals surface area contributed by atoms with Gasteiger partial charge in [0, 0.05) is 31.0 Å². The molecular formula is C23H31N5O2. The van der Waals surface area contributed by atoms with Crippen LogP contribution in [0.1, 0.15) is 51.3 Å². The molecule has 3 aromatic rings. The first-order valence-corrected chi connectivity index (χ1v) is 11.1. The van der Waals surface area contributed by atoms with Crippen molar-refractivity contribution in [1.29, 1.82) is 0 Å². The summed E-state index contributed by atoms with van der Waals surface area (Å²) in [5, 5.41) is 4.16. The highest BCUT2D eigenvalue weighted by atomic mass is 16.5. The summed E-state index contributed by atoms with van der Waals surface area (Å²) in [5.74, 6) is 1.76. The Hall–Kier alpha value is -2.67. The summed E-state index contributed by atoms with van der Waals surface area (Å²) in [6.07, 6.45) is 6.30. The van der Waals surface area contributed by atoms with E-state index < -0.39 is 0 Å². The first kappa shape index (κ1) is 20.6. The SMILES string of the molecule is CCOCc1nc2c(N)nc3ccccc3c2n1CCCCNC(=O)C1CCCC1. The Morgan fingerprint density at radius 3 is 2.83 bits per heavy atom. The van der Waals surface area contributed by atoms with Crippen molar-refractivity contribution in [3.8, 4) is 0 Å². The Morgan fingerprint density at radius 2 is 2.03 bits per heavy atom. The third-order valence-corrected chi connectivity index (χ3v) is 5.96. The Labute approximate surface area is 177 Å². The van der Waals surface area contributed by atoms with Gasteiger partial charge in [-0.3, -0.25) is 4.79 Å². The maximum Gasteiger partial charge on any atom is 0.223 e. The molecule has 7 nitrogen and oxygen atoms in total. The summed E-state index contributed by atoms with van der Waals surface area (Å²) in [6.45, 7) is 4.56. The Balaban J connectivity index is 1.50. The van der Waals surface area contributed by atoms with Gasteiger partial charge in [-0.1, -0.05) is 31.0 Å². The number of nitrogen functional groups attached to an aromatic ring is 1. The fourth-order valence-electron chi connectivity index (χ4n) is 4.39. The predicted octanol–water partition coefficient (Wildman–Crippen LogP) is 3.79. The summed E-state index contributed by atoms with van der Waals surface area (Å²) < 4.78 is 7.87. The number of nitrogens with zero attached hydrogens (tertiary/aromatic N) is 3. The van der Waals surface area contributed by atoms with E-state index in [1.54, 1.807) is 0 Å². The van der Waals surface area contributed by atoms with Crippen LogP contribution in [0.3, 0.4) is 0 Å². The van der Waals surface area contributed by atoms with Gasteiger partial charge in [0.25, 0.3) is 0 Å². The third-order valence-electron chi connectivity index (χ3n) is 5.96. The number of unbranched alkanes of at least 4 members (excludes halogenated alkanes) is 1. The first-order valence-electron chi connectivity index (χ1n) is 11.1. The van der Waals surface area contributed by atoms with Crippen molar-refractivity contribution < 1.29 is 9.53 Å². The molecule has 1 fully saturated rings. The van der Waals surface area contributed by atoms with E-state index in [1.807, 2.05) is 25.1 Å². The second-order valence-electron chi connectivity index (χ2n) is 8.01. The van der Waals surface area contributed by atoms with Crippen LogP contribution in [0, 0.1) is 5.92 Å². The van der Waals surface area contributed by atoms with Gasteiger partial charge in [0.1, 0.15) is 17.9 Å². The molecule has 0 radical (unpaired) electrons. The maximum atomic E-state index is 12.2. The van der Waals surface area contributed by atoms with Crippen molar-refractivity contribution in [2.75, 3.05) is 18.9 Å². The molecule has 1 amide bonds. The van der Waals surface area contributed by atoms with Gasteiger partial charge < -0.3 is 20.4 Å². The van der Waals surface area contributed by atoms with Gasteiger partial charge in [0.05, 0.1) is 11.0 Å². The molecule has 0 spiro atoms. The summed E-state index contributed by atoms with van der Waals surface area (Å²) in [7, 11) is 0. The number of pyridine rings is 1. The number of aryl methyl sites for hydroxylation is 1. The van der Waals surface area contributed by atoms with Gasteiger partial charge in [-0.15, -0.1) is 0 Å². The minimum absolute atomic E-state index is 0.224. The zero-order valence-electron chi connectivity index (χ0n) is 17.7. The lowest BCUT2D eigenvalue weighted by Gasteiger charge is -2.12. The lowest BCUT2D eigenvalue weighted by atomic mass is 10.1. The number of aromatic nitrogens is 3. The normalized spacial score (nSPS) is 14.7. The number of carbonyl (C=O) groups is 1. The van der Waals surface area contributed by atoms with Crippen molar-refractivity contribution >= 4 is 33.7 Å². The Kier molecular flexibility index (Phi) is 6.47. The van der Waals surface area contributed by atoms with E-state index in [-0.39, 0.29) is 11.8 Å². The lowest BCUT2D eigenvalue weighted by Crippen LogP contribution is -2.30. The second-order valence-corrected chi connectivity index (χ2v) is 8.01. The molecule has 3 N–H and O–H groups in total. The number of anilines is 1. The topological polar surface area (TPSA) is 95.1 Å². The smallest absolute Gasteiger partial charge is 0.223 e. The number of hydrogen-bond donors (Lipinski definition) is 2. The van der Waals surface area contributed by atoms with Crippen LogP contribution in [0.4, 0.5) is 5.82 Å². The highest BCUT2D eigenvalue weighted by Gasteiger charge is 2.22. The van der Waals surface area contributed by atoms with Gasteiger partial charge in [-0.25, -0.2) is 9.97 Å². The Morgan fingerprint density at radius 1 is 1.23 bits per heavy atom. The number of imidazole rings is 1. The highest BCUT2D eigenvalue weighted by Crippen LogP contribution is 2.29. The molecule has 7 heteroatoms. The average molecular weight is 410 g/mol. The molecule has 0 bridgehead atoms. The number of ether oxygens (including phenoxy) is 1. The van der Waals surface area contributed by atoms with Crippen LogP contribution in [-0.2, 0) is 22.7 Å². The molecule has 0 saturated heterocycles. The van der Waals surface area contributed by atoms with Crippen LogP contribution >= 0.6 is 0 Å². The van der Waals surface area contributed by atoms with Crippen LogP contribution in [0.25, 0.3) is 21.9 Å². The summed E-state index contributed by atoms with van der Waals surface area (Å²) in [4.78, 5) is 21.5. The number of para-hydroxylation sites is 1. The number of rotatable bonds is 9. The zero-order valence-corrected chi connectivity index (χ0v) is 17.7. The van der Waals surface area contributed by atoms with E-state index in [0.29, 0.717) is 25.6 Å². The highest BCUT2D eigenvalue weighted by molar-refractivity contribution is 6.06. The summed E-state index contributed by atoms with van der Waals surface area (Å²) in [6, 6.07) is 8.02. The summed E-state index contributed by atoms with van der Waals surface area (Å²) in [5.41, 5.74) is 8.85. The number of benzene rings is 1. The van der Waals surface area contributed by atoms with Crippen molar-refractivity contribution in [3.63, 3.8) is 0 Å². The molecule has 4 rings (SSSR count). The van der Waals surface area contributed by atoms with E-state index in [0.717, 1.165) is 60.0 Å². The molecule has 1 aliphatic carbocycles. The van der Waals surface area contributed by atoms with E-state index in [2.05, 4.69) is 20.9 Å². The monoisotopic (exact) mass is 409 g/mol. The minimum atomic E-state index is 0.224. The first-order chi connectivity index (χ1) is 14.7. The molecule has 160 valence electrons. The lowest BCUT2D eigenvalue weighted by molar-refractivity contribution is -0.124. The molecule has 1 aromatic carbocycles.